The van der Waals surface area contributed by atoms with Crippen LogP contribution in [0.1, 0.15) is 60.6 Å². The molecule has 1 aliphatic heterocycles. The summed E-state index contributed by atoms with van der Waals surface area (Å²) < 4.78 is 6.22. The number of hydrogen-bond donors (Lipinski definition) is 0. The van der Waals surface area contributed by atoms with Gasteiger partial charge in [-0.15, -0.1) is 18.2 Å². The number of fused-ring (bicyclic) bond motifs is 4. The maximum Gasteiger partial charge on any atom is 3.00 e. The van der Waals surface area contributed by atoms with Crippen LogP contribution in [0.4, 0.5) is 0 Å². The minimum Gasteiger partial charge on any atom is -0.668 e. The Balaban J connectivity index is 0.000000260. The molecular weight excluding hydrogens is 795 g/mol. The van der Waals surface area contributed by atoms with Crippen LogP contribution in [0.5, 0.6) is 0 Å². The zero-order valence-corrected chi connectivity index (χ0v) is 32.1. The third-order valence-electron chi connectivity index (χ3n) is 9.08. The van der Waals surface area contributed by atoms with Crippen LogP contribution in [0.25, 0.3) is 60.7 Å². The third-order valence-corrected chi connectivity index (χ3v) is 9.08. The van der Waals surface area contributed by atoms with E-state index < -0.39 is 0 Å². The fourth-order valence-electron chi connectivity index (χ4n) is 6.23. The van der Waals surface area contributed by atoms with E-state index in [9.17, 15) is 0 Å². The van der Waals surface area contributed by atoms with E-state index in [0.29, 0.717) is 5.71 Å². The predicted molar refractivity (Wildman–Crippen MR) is 200 cm³/mol. The first-order valence-corrected chi connectivity index (χ1v) is 16.6. The van der Waals surface area contributed by atoms with Gasteiger partial charge in [-0.05, 0) is 91.4 Å². The van der Waals surface area contributed by atoms with Crippen molar-refractivity contribution in [3.05, 3.63) is 142 Å². The largest absolute Gasteiger partial charge is 3.00 e. The summed E-state index contributed by atoms with van der Waals surface area (Å²) in [7, 11) is 2.02. The van der Waals surface area contributed by atoms with E-state index in [1.807, 2.05) is 56.8 Å². The number of rotatable bonds is 3. The van der Waals surface area contributed by atoms with Crippen molar-refractivity contribution >= 4 is 33.0 Å². The maximum atomic E-state index is 6.22. The SMILES string of the molecule is Cc1c[c-]c(C2[N-]C=CN2C)cc1.Cc1ccc2c(n1)oc1c(-c3cc(-c4cc5ccc(C(C)(C)C)nc5cc4C)c(C)cn3)[c-]ccc12.[Ir+3]. The van der Waals surface area contributed by atoms with Crippen molar-refractivity contribution in [1.29, 1.82) is 0 Å². The van der Waals surface area contributed by atoms with E-state index in [2.05, 4.69) is 117 Å². The van der Waals surface area contributed by atoms with E-state index >= 15 is 0 Å². The quantitative estimate of drug-likeness (QED) is 0.166. The van der Waals surface area contributed by atoms with Crippen LogP contribution in [-0.2, 0) is 25.5 Å². The summed E-state index contributed by atoms with van der Waals surface area (Å²) in [6.45, 7) is 14.9. The minimum atomic E-state index is 0. The zero-order valence-electron chi connectivity index (χ0n) is 29.7. The summed E-state index contributed by atoms with van der Waals surface area (Å²) in [6.07, 6.45) is 5.87. The molecule has 0 fully saturated rings. The van der Waals surface area contributed by atoms with E-state index in [1.165, 1.54) is 16.7 Å². The van der Waals surface area contributed by atoms with Gasteiger partial charge in [0.05, 0.1) is 11.1 Å². The zero-order chi connectivity index (χ0) is 34.4. The molecule has 7 aromatic rings. The molecule has 0 saturated heterocycles. The van der Waals surface area contributed by atoms with Crippen LogP contribution < -0.4 is 0 Å². The fraction of sp³-hybridized carbons (Fsp3) is 0.233. The molecule has 0 amide bonds. The number of furan rings is 1. The maximum absolute atomic E-state index is 6.22. The van der Waals surface area contributed by atoms with Gasteiger partial charge in [-0.3, -0.25) is 4.98 Å². The van der Waals surface area contributed by atoms with Gasteiger partial charge in [0.15, 0.2) is 0 Å². The normalized spacial score (nSPS) is 14.1. The van der Waals surface area contributed by atoms with E-state index in [-0.39, 0.29) is 31.7 Å². The van der Waals surface area contributed by atoms with E-state index in [0.717, 1.165) is 66.6 Å². The molecule has 7 heteroatoms. The molecule has 5 heterocycles. The second kappa shape index (κ2) is 13.8. The molecule has 0 spiro atoms. The number of aryl methyl sites for hydroxylation is 4. The second-order valence-electron chi connectivity index (χ2n) is 14.0. The summed E-state index contributed by atoms with van der Waals surface area (Å²) in [4.78, 5) is 16.4. The molecular formula is C43H40IrN5O. The smallest absolute Gasteiger partial charge is 0.668 e. The van der Waals surface area contributed by atoms with Crippen molar-refractivity contribution in [2.75, 3.05) is 7.05 Å². The number of benzene rings is 3. The Kier molecular flexibility index (Phi) is 9.67. The average molecular weight is 835 g/mol. The Bertz CT molecular complexity index is 2370. The standard InChI is InChI=1S/C32H28N3O.C11H12N2.Ir/c1-18-14-27-21(11-13-29(35-27)32(4,5)6)15-25(18)26-16-28(33-17-19(26)2)24-9-7-8-22-23-12-10-20(3)34-31(23)36-30(22)24;1-9-3-5-10(6-4-9)11-12-7-8-13(11)2;/h7-8,10-17H,1-6H3;3-5,7-8,11H,1-2H3;/q-1;-2;+3. The molecule has 252 valence electrons. The Morgan fingerprint density at radius 1 is 0.840 bits per heavy atom. The summed E-state index contributed by atoms with van der Waals surface area (Å²) >= 11 is 0. The molecule has 1 aliphatic rings. The molecule has 50 heavy (non-hydrogen) atoms. The second-order valence-corrected chi connectivity index (χ2v) is 14.0. The van der Waals surface area contributed by atoms with Crippen LogP contribution >= 0.6 is 0 Å². The number of nitrogens with zero attached hydrogens (tertiary/aromatic N) is 5. The van der Waals surface area contributed by atoms with E-state index in [1.54, 1.807) is 0 Å². The molecule has 0 aliphatic carbocycles. The molecule has 0 radical (unpaired) electrons. The Morgan fingerprint density at radius 3 is 2.36 bits per heavy atom. The molecule has 3 aromatic carbocycles. The minimum absolute atomic E-state index is 0. The first kappa shape index (κ1) is 35.0. The van der Waals surface area contributed by atoms with Gasteiger partial charge in [-0.25, -0.2) is 4.98 Å². The molecule has 0 bridgehead atoms. The molecule has 6 nitrogen and oxygen atoms in total. The van der Waals surface area contributed by atoms with Gasteiger partial charge in [0.1, 0.15) is 0 Å². The van der Waals surface area contributed by atoms with Crippen LogP contribution in [0.2, 0.25) is 0 Å². The topological polar surface area (TPSA) is 69.2 Å². The van der Waals surface area contributed by atoms with Crippen LogP contribution in [0.3, 0.4) is 0 Å². The summed E-state index contributed by atoms with van der Waals surface area (Å²) in [5.41, 5.74) is 13.2. The predicted octanol–water partition coefficient (Wildman–Crippen LogP) is 10.9. The third kappa shape index (κ3) is 6.81. The molecule has 0 saturated carbocycles. The van der Waals surface area contributed by atoms with Crippen molar-refractivity contribution in [2.24, 2.45) is 0 Å². The Morgan fingerprint density at radius 2 is 1.64 bits per heavy atom. The van der Waals surface area contributed by atoms with Gasteiger partial charge in [0.2, 0.25) is 5.71 Å². The van der Waals surface area contributed by atoms with Crippen molar-refractivity contribution in [3.8, 4) is 22.4 Å². The average Bonchev–Trinajstić information content (AvgIpc) is 3.67. The van der Waals surface area contributed by atoms with Gasteiger partial charge < -0.3 is 19.6 Å². The van der Waals surface area contributed by atoms with Crippen molar-refractivity contribution in [2.45, 2.75) is 60.0 Å². The Labute approximate surface area is 308 Å². The monoisotopic (exact) mass is 835 g/mol. The molecule has 4 aromatic heterocycles. The molecule has 1 unspecified atom stereocenters. The van der Waals surface area contributed by atoms with Crippen molar-refractivity contribution < 1.29 is 24.5 Å². The van der Waals surface area contributed by atoms with Gasteiger partial charge in [0.25, 0.3) is 0 Å². The summed E-state index contributed by atoms with van der Waals surface area (Å²) in [6, 6.07) is 31.7. The first-order valence-electron chi connectivity index (χ1n) is 16.6. The number of pyridine rings is 3. The number of aromatic nitrogens is 3. The van der Waals surface area contributed by atoms with Crippen molar-refractivity contribution in [1.82, 2.24) is 19.9 Å². The molecule has 1 atom stereocenters. The van der Waals surface area contributed by atoms with Gasteiger partial charge in [-0.1, -0.05) is 50.8 Å². The molecule has 0 N–H and O–H groups in total. The van der Waals surface area contributed by atoms with Gasteiger partial charge in [-0.2, -0.15) is 41.6 Å². The molecule has 8 rings (SSSR count). The fourth-order valence-corrected chi connectivity index (χ4v) is 6.23. The van der Waals surface area contributed by atoms with Crippen LogP contribution in [0.15, 0.2) is 95.8 Å². The van der Waals surface area contributed by atoms with Crippen LogP contribution in [0, 0.1) is 39.8 Å². The summed E-state index contributed by atoms with van der Waals surface area (Å²) in [5, 5.41) is 7.49. The van der Waals surface area contributed by atoms with E-state index in [4.69, 9.17) is 14.4 Å². The summed E-state index contributed by atoms with van der Waals surface area (Å²) in [5.74, 6) is 0. The number of hydrogen-bond acceptors (Lipinski definition) is 5. The van der Waals surface area contributed by atoms with Crippen molar-refractivity contribution in [3.63, 3.8) is 0 Å². The first-order chi connectivity index (χ1) is 23.5. The van der Waals surface area contributed by atoms with Gasteiger partial charge >= 0.3 is 20.1 Å². The Hall–Kier alpha value is -4.84. The van der Waals surface area contributed by atoms with Crippen LogP contribution in [-0.4, -0.2) is 26.9 Å². The van der Waals surface area contributed by atoms with Gasteiger partial charge in [0, 0.05) is 40.8 Å².